The SMILES string of the molecule is C(=CC1COc2ccccc2O1)Cc1ncc[nH]1. The number of fused-ring (bicyclic) bond motifs is 1. The fourth-order valence-corrected chi connectivity index (χ4v) is 1.87. The van der Waals surface area contributed by atoms with Gasteiger partial charge in [-0.3, -0.25) is 0 Å². The van der Waals surface area contributed by atoms with Crippen molar-refractivity contribution in [1.29, 1.82) is 0 Å². The Balaban J connectivity index is 1.61. The van der Waals surface area contributed by atoms with Gasteiger partial charge in [0.1, 0.15) is 12.4 Å². The molecule has 1 aromatic heterocycles. The largest absolute Gasteiger partial charge is 0.485 e. The molecule has 2 aromatic rings. The minimum absolute atomic E-state index is 0.0325. The van der Waals surface area contributed by atoms with Crippen LogP contribution in [-0.4, -0.2) is 22.7 Å². The fourth-order valence-electron chi connectivity index (χ4n) is 1.87. The number of benzene rings is 1. The van der Waals surface area contributed by atoms with Crippen molar-refractivity contribution in [3.05, 3.63) is 54.6 Å². The lowest BCUT2D eigenvalue weighted by Crippen LogP contribution is -2.26. The Morgan fingerprint density at radius 2 is 2.22 bits per heavy atom. The summed E-state index contributed by atoms with van der Waals surface area (Å²) in [5.74, 6) is 2.56. The van der Waals surface area contributed by atoms with Crippen LogP contribution in [0.3, 0.4) is 0 Å². The highest BCUT2D eigenvalue weighted by atomic mass is 16.6. The summed E-state index contributed by atoms with van der Waals surface area (Å²) in [6.07, 6.45) is 8.36. The Labute approximate surface area is 105 Å². The van der Waals surface area contributed by atoms with E-state index in [9.17, 15) is 0 Å². The van der Waals surface area contributed by atoms with Gasteiger partial charge in [0.2, 0.25) is 0 Å². The molecule has 1 aliphatic rings. The summed E-state index contributed by atoms with van der Waals surface area (Å²) in [6.45, 7) is 0.547. The summed E-state index contributed by atoms with van der Waals surface area (Å²) in [6, 6.07) is 7.71. The Kier molecular flexibility index (Phi) is 3.00. The van der Waals surface area contributed by atoms with Gasteiger partial charge in [0.25, 0.3) is 0 Å². The average molecular weight is 242 g/mol. The minimum atomic E-state index is -0.0325. The third-order valence-electron chi connectivity index (χ3n) is 2.75. The first kappa shape index (κ1) is 10.9. The van der Waals surface area contributed by atoms with Crippen LogP contribution in [0.1, 0.15) is 5.82 Å². The first-order chi connectivity index (χ1) is 8.92. The molecule has 0 saturated heterocycles. The lowest BCUT2D eigenvalue weighted by atomic mass is 10.2. The van der Waals surface area contributed by atoms with Crippen molar-refractivity contribution in [2.75, 3.05) is 6.61 Å². The second-order valence-corrected chi connectivity index (χ2v) is 4.08. The summed E-state index contributed by atoms with van der Waals surface area (Å²) < 4.78 is 11.4. The quantitative estimate of drug-likeness (QED) is 0.840. The maximum absolute atomic E-state index is 5.81. The molecule has 1 N–H and O–H groups in total. The van der Waals surface area contributed by atoms with Gasteiger partial charge < -0.3 is 14.5 Å². The topological polar surface area (TPSA) is 47.1 Å². The molecule has 92 valence electrons. The summed E-state index contributed by atoms with van der Waals surface area (Å²) in [7, 11) is 0. The van der Waals surface area contributed by atoms with Crippen LogP contribution < -0.4 is 9.47 Å². The van der Waals surface area contributed by atoms with Crippen LogP contribution in [0.25, 0.3) is 0 Å². The van der Waals surface area contributed by atoms with Gasteiger partial charge in [-0.25, -0.2) is 4.98 Å². The van der Waals surface area contributed by atoms with Gasteiger partial charge in [0.05, 0.1) is 0 Å². The number of para-hydroxylation sites is 2. The predicted molar refractivity (Wildman–Crippen MR) is 67.8 cm³/mol. The third kappa shape index (κ3) is 2.37. The molecule has 1 unspecified atom stereocenters. The van der Waals surface area contributed by atoms with E-state index in [4.69, 9.17) is 9.47 Å². The molecule has 2 heterocycles. The van der Waals surface area contributed by atoms with Crippen molar-refractivity contribution in [2.45, 2.75) is 12.5 Å². The second-order valence-electron chi connectivity index (χ2n) is 4.08. The number of H-pyrrole nitrogens is 1. The number of imidazole rings is 1. The van der Waals surface area contributed by atoms with Crippen molar-refractivity contribution in [1.82, 2.24) is 9.97 Å². The molecule has 3 rings (SSSR count). The molecule has 0 radical (unpaired) electrons. The summed E-state index contributed by atoms with van der Waals surface area (Å²) >= 11 is 0. The van der Waals surface area contributed by atoms with Crippen LogP contribution in [0, 0.1) is 0 Å². The van der Waals surface area contributed by atoms with Crippen molar-refractivity contribution in [3.63, 3.8) is 0 Å². The number of nitrogens with zero attached hydrogens (tertiary/aromatic N) is 1. The van der Waals surface area contributed by atoms with E-state index >= 15 is 0 Å². The number of aromatic amines is 1. The van der Waals surface area contributed by atoms with Crippen LogP contribution in [0.2, 0.25) is 0 Å². The number of allylic oxidation sites excluding steroid dienone is 1. The Morgan fingerprint density at radius 1 is 1.33 bits per heavy atom. The maximum Gasteiger partial charge on any atom is 0.162 e. The molecule has 0 spiro atoms. The third-order valence-corrected chi connectivity index (χ3v) is 2.75. The second kappa shape index (κ2) is 4.96. The first-order valence-electron chi connectivity index (χ1n) is 5.95. The van der Waals surface area contributed by atoms with E-state index in [2.05, 4.69) is 9.97 Å². The molecule has 1 atom stereocenters. The van der Waals surface area contributed by atoms with E-state index in [0.29, 0.717) is 6.61 Å². The number of nitrogens with one attached hydrogen (secondary N) is 1. The standard InChI is InChI=1S/C14H14N2O2/c1-2-6-13-12(5-1)17-10-11(18-13)4-3-7-14-15-8-9-16-14/h1-6,8-9,11H,7,10H2,(H,15,16). The van der Waals surface area contributed by atoms with Crippen molar-refractivity contribution >= 4 is 0 Å². The number of hydrogen-bond acceptors (Lipinski definition) is 3. The zero-order valence-electron chi connectivity index (χ0n) is 9.87. The maximum atomic E-state index is 5.81. The molecule has 0 amide bonds. The van der Waals surface area contributed by atoms with Gasteiger partial charge in [0, 0.05) is 18.8 Å². The summed E-state index contributed by atoms with van der Waals surface area (Å²) in [5.41, 5.74) is 0. The molecule has 4 nitrogen and oxygen atoms in total. The summed E-state index contributed by atoms with van der Waals surface area (Å²) in [4.78, 5) is 7.21. The van der Waals surface area contributed by atoms with Gasteiger partial charge in [-0.05, 0) is 18.2 Å². The number of rotatable bonds is 3. The molecule has 0 bridgehead atoms. The minimum Gasteiger partial charge on any atom is -0.485 e. The van der Waals surface area contributed by atoms with Gasteiger partial charge in [-0.2, -0.15) is 0 Å². The zero-order valence-corrected chi connectivity index (χ0v) is 9.87. The molecule has 18 heavy (non-hydrogen) atoms. The monoisotopic (exact) mass is 242 g/mol. The van der Waals surface area contributed by atoms with E-state index in [-0.39, 0.29) is 6.10 Å². The molecule has 1 aliphatic heterocycles. The van der Waals surface area contributed by atoms with E-state index < -0.39 is 0 Å². The lowest BCUT2D eigenvalue weighted by molar-refractivity contribution is 0.123. The van der Waals surface area contributed by atoms with Gasteiger partial charge in [-0.15, -0.1) is 0 Å². The number of hydrogen-bond donors (Lipinski definition) is 1. The van der Waals surface area contributed by atoms with E-state index in [1.54, 1.807) is 6.20 Å². The van der Waals surface area contributed by atoms with Crippen LogP contribution in [0.4, 0.5) is 0 Å². The Bertz CT molecular complexity index is 534. The highest BCUT2D eigenvalue weighted by molar-refractivity contribution is 5.41. The highest BCUT2D eigenvalue weighted by Gasteiger charge is 2.17. The number of ether oxygens (including phenoxy) is 2. The van der Waals surface area contributed by atoms with E-state index in [1.165, 1.54) is 0 Å². The molecule has 0 aliphatic carbocycles. The smallest absolute Gasteiger partial charge is 0.162 e. The number of aromatic nitrogens is 2. The molecule has 1 aromatic carbocycles. The van der Waals surface area contributed by atoms with E-state index in [1.807, 2.05) is 42.6 Å². The molecule has 0 saturated carbocycles. The van der Waals surface area contributed by atoms with E-state index in [0.717, 1.165) is 23.7 Å². The van der Waals surface area contributed by atoms with Crippen LogP contribution in [0.15, 0.2) is 48.8 Å². The fraction of sp³-hybridized carbons (Fsp3) is 0.214. The van der Waals surface area contributed by atoms with Gasteiger partial charge >= 0.3 is 0 Å². The molecular formula is C14H14N2O2. The first-order valence-corrected chi connectivity index (χ1v) is 5.95. The Hall–Kier alpha value is -2.23. The van der Waals surface area contributed by atoms with Gasteiger partial charge in [-0.1, -0.05) is 18.2 Å². The highest BCUT2D eigenvalue weighted by Crippen LogP contribution is 2.31. The van der Waals surface area contributed by atoms with Gasteiger partial charge in [0.15, 0.2) is 17.6 Å². The molecule has 4 heteroatoms. The van der Waals surface area contributed by atoms with Crippen LogP contribution in [0.5, 0.6) is 11.5 Å². The Morgan fingerprint density at radius 3 is 3.06 bits per heavy atom. The van der Waals surface area contributed by atoms with Crippen LogP contribution >= 0.6 is 0 Å². The van der Waals surface area contributed by atoms with Crippen molar-refractivity contribution in [2.24, 2.45) is 0 Å². The zero-order chi connectivity index (χ0) is 12.2. The molecule has 0 fully saturated rings. The summed E-state index contributed by atoms with van der Waals surface area (Å²) in [5, 5.41) is 0. The predicted octanol–water partition coefficient (Wildman–Crippen LogP) is 2.35. The average Bonchev–Trinajstić information content (AvgIpc) is 2.92. The van der Waals surface area contributed by atoms with Crippen molar-refractivity contribution in [3.8, 4) is 11.5 Å². The lowest BCUT2D eigenvalue weighted by Gasteiger charge is -2.24. The molecular weight excluding hydrogens is 228 g/mol. The van der Waals surface area contributed by atoms with Crippen LogP contribution in [-0.2, 0) is 6.42 Å². The normalized spacial score (nSPS) is 18.1. The van der Waals surface area contributed by atoms with Crippen molar-refractivity contribution < 1.29 is 9.47 Å².